The normalized spacial score (nSPS) is 9.80. The quantitative estimate of drug-likeness (QED) is 0.921. The number of aromatic nitrogens is 1. The van der Waals surface area contributed by atoms with Crippen molar-refractivity contribution in [1.29, 1.82) is 5.26 Å². The van der Waals surface area contributed by atoms with Crippen LogP contribution in [-0.2, 0) is 11.2 Å². The molecule has 2 aromatic rings. The fourth-order valence-electron chi connectivity index (χ4n) is 1.78. The molecule has 0 spiro atoms. The Balaban J connectivity index is 2.33. The van der Waals surface area contributed by atoms with Crippen molar-refractivity contribution >= 4 is 5.97 Å². The average Bonchev–Trinajstić information content (AvgIpc) is 2.39. The summed E-state index contributed by atoms with van der Waals surface area (Å²) in [6.45, 7) is 1.76. The average molecular weight is 268 g/mol. The van der Waals surface area contributed by atoms with Gasteiger partial charge in [-0.1, -0.05) is 18.2 Å². The number of pyridine rings is 1. The van der Waals surface area contributed by atoms with E-state index in [1.807, 2.05) is 6.07 Å². The molecule has 0 saturated heterocycles. The van der Waals surface area contributed by atoms with Gasteiger partial charge in [0.1, 0.15) is 5.75 Å². The number of carboxylic acids is 1. The summed E-state index contributed by atoms with van der Waals surface area (Å²) in [5, 5.41) is 17.8. The first-order valence-corrected chi connectivity index (χ1v) is 5.95. The molecular weight excluding hydrogens is 256 g/mol. The lowest BCUT2D eigenvalue weighted by molar-refractivity contribution is -0.136. The van der Waals surface area contributed by atoms with E-state index < -0.39 is 5.97 Å². The minimum absolute atomic E-state index is 0.132. The van der Waals surface area contributed by atoms with Gasteiger partial charge < -0.3 is 9.84 Å². The van der Waals surface area contributed by atoms with Gasteiger partial charge in [0.05, 0.1) is 18.1 Å². The van der Waals surface area contributed by atoms with E-state index in [-0.39, 0.29) is 12.3 Å². The standard InChI is InChI=1S/C15H12N2O3/c1-10-6-11(9-16)7-14(17-10)20-13-5-3-2-4-12(13)8-15(18)19/h2-7H,8H2,1H3,(H,18,19). The third kappa shape index (κ3) is 3.33. The number of para-hydroxylation sites is 1. The summed E-state index contributed by atoms with van der Waals surface area (Å²) < 4.78 is 5.61. The molecule has 0 amide bonds. The van der Waals surface area contributed by atoms with E-state index in [1.54, 1.807) is 37.3 Å². The van der Waals surface area contributed by atoms with E-state index >= 15 is 0 Å². The molecular formula is C15H12N2O3. The van der Waals surface area contributed by atoms with Gasteiger partial charge in [0.2, 0.25) is 5.88 Å². The maximum Gasteiger partial charge on any atom is 0.307 e. The molecule has 0 atom stereocenters. The molecule has 1 N–H and O–H groups in total. The van der Waals surface area contributed by atoms with E-state index in [1.165, 1.54) is 6.07 Å². The smallest absolute Gasteiger partial charge is 0.307 e. The molecule has 5 nitrogen and oxygen atoms in total. The van der Waals surface area contributed by atoms with Gasteiger partial charge in [-0.2, -0.15) is 5.26 Å². The van der Waals surface area contributed by atoms with Gasteiger partial charge in [0.15, 0.2) is 0 Å². The maximum atomic E-state index is 10.8. The number of ether oxygens (including phenoxy) is 1. The van der Waals surface area contributed by atoms with Gasteiger partial charge in [0.25, 0.3) is 0 Å². The predicted molar refractivity (Wildman–Crippen MR) is 71.5 cm³/mol. The van der Waals surface area contributed by atoms with Crippen molar-refractivity contribution in [3.8, 4) is 17.7 Å². The Kier molecular flexibility index (Phi) is 3.96. The predicted octanol–water partition coefficient (Wildman–Crippen LogP) is 2.68. The lowest BCUT2D eigenvalue weighted by Crippen LogP contribution is -2.02. The van der Waals surface area contributed by atoms with Crippen LogP contribution in [0.15, 0.2) is 36.4 Å². The van der Waals surface area contributed by atoms with E-state index in [0.717, 1.165) is 0 Å². The number of hydrogen-bond donors (Lipinski definition) is 1. The largest absolute Gasteiger partial charge is 0.481 e. The topological polar surface area (TPSA) is 83.2 Å². The second-order valence-corrected chi connectivity index (χ2v) is 4.23. The second kappa shape index (κ2) is 5.85. The van der Waals surface area contributed by atoms with Gasteiger partial charge in [0, 0.05) is 17.3 Å². The molecule has 2 rings (SSSR count). The molecule has 0 aliphatic heterocycles. The summed E-state index contributed by atoms with van der Waals surface area (Å²) in [4.78, 5) is 15.0. The van der Waals surface area contributed by atoms with Crippen molar-refractivity contribution < 1.29 is 14.6 Å². The zero-order valence-corrected chi connectivity index (χ0v) is 10.8. The number of carboxylic acid groups (broad SMARTS) is 1. The SMILES string of the molecule is Cc1cc(C#N)cc(Oc2ccccc2CC(=O)O)n1. The van der Waals surface area contributed by atoms with Crippen LogP contribution in [0.25, 0.3) is 0 Å². The van der Waals surface area contributed by atoms with Crippen LogP contribution < -0.4 is 4.74 Å². The highest BCUT2D eigenvalue weighted by molar-refractivity contribution is 5.71. The fourth-order valence-corrected chi connectivity index (χ4v) is 1.78. The number of benzene rings is 1. The highest BCUT2D eigenvalue weighted by atomic mass is 16.5. The van der Waals surface area contributed by atoms with E-state index in [0.29, 0.717) is 22.6 Å². The van der Waals surface area contributed by atoms with Crippen molar-refractivity contribution in [3.63, 3.8) is 0 Å². The monoisotopic (exact) mass is 268 g/mol. The van der Waals surface area contributed by atoms with Gasteiger partial charge in [-0.15, -0.1) is 0 Å². The highest BCUT2D eigenvalue weighted by Crippen LogP contribution is 2.25. The Bertz CT molecular complexity index is 690. The molecule has 0 unspecified atom stereocenters. The summed E-state index contributed by atoms with van der Waals surface area (Å²) in [7, 11) is 0. The van der Waals surface area contributed by atoms with E-state index in [2.05, 4.69) is 4.98 Å². The lowest BCUT2D eigenvalue weighted by atomic mass is 10.1. The summed E-state index contributed by atoms with van der Waals surface area (Å²) in [6.07, 6.45) is -0.132. The maximum absolute atomic E-state index is 10.8. The molecule has 1 aromatic carbocycles. The van der Waals surface area contributed by atoms with E-state index in [9.17, 15) is 4.79 Å². The van der Waals surface area contributed by atoms with E-state index in [4.69, 9.17) is 15.1 Å². The molecule has 100 valence electrons. The Morgan fingerprint density at radius 1 is 1.40 bits per heavy atom. The van der Waals surface area contributed by atoms with Crippen molar-refractivity contribution in [2.24, 2.45) is 0 Å². The van der Waals surface area contributed by atoms with Crippen molar-refractivity contribution in [3.05, 3.63) is 53.2 Å². The number of aryl methyl sites for hydroxylation is 1. The summed E-state index contributed by atoms with van der Waals surface area (Å²) in [5.74, 6) is -0.229. The minimum Gasteiger partial charge on any atom is -0.481 e. The second-order valence-electron chi connectivity index (χ2n) is 4.23. The molecule has 0 fully saturated rings. The Hall–Kier alpha value is -2.87. The number of nitriles is 1. The first kappa shape index (κ1) is 13.6. The highest BCUT2D eigenvalue weighted by Gasteiger charge is 2.09. The third-order valence-corrected chi connectivity index (χ3v) is 2.59. The third-order valence-electron chi connectivity index (χ3n) is 2.59. The van der Waals surface area contributed by atoms with Crippen molar-refractivity contribution in [2.75, 3.05) is 0 Å². The van der Waals surface area contributed by atoms with Gasteiger partial charge in [-0.3, -0.25) is 4.79 Å². The van der Waals surface area contributed by atoms with Crippen LogP contribution in [0.3, 0.4) is 0 Å². The van der Waals surface area contributed by atoms with Crippen LogP contribution in [0.1, 0.15) is 16.8 Å². The van der Waals surface area contributed by atoms with Crippen LogP contribution in [0.4, 0.5) is 0 Å². The molecule has 0 radical (unpaired) electrons. The summed E-state index contributed by atoms with van der Waals surface area (Å²) in [6, 6.07) is 12.1. The van der Waals surface area contributed by atoms with Gasteiger partial charge >= 0.3 is 5.97 Å². The molecule has 0 aliphatic carbocycles. The first-order valence-electron chi connectivity index (χ1n) is 5.95. The van der Waals surface area contributed by atoms with Crippen molar-refractivity contribution in [2.45, 2.75) is 13.3 Å². The summed E-state index contributed by atoms with van der Waals surface area (Å²) in [5.41, 5.74) is 1.67. The zero-order chi connectivity index (χ0) is 14.5. The molecule has 1 aromatic heterocycles. The Labute approximate surface area is 116 Å². The number of hydrogen-bond acceptors (Lipinski definition) is 4. The molecule has 0 bridgehead atoms. The summed E-state index contributed by atoms with van der Waals surface area (Å²) >= 11 is 0. The molecule has 1 heterocycles. The molecule has 5 heteroatoms. The fraction of sp³-hybridized carbons (Fsp3) is 0.133. The van der Waals surface area contributed by atoms with Crippen LogP contribution >= 0.6 is 0 Å². The number of carbonyl (C=O) groups is 1. The Morgan fingerprint density at radius 3 is 2.85 bits per heavy atom. The Morgan fingerprint density at radius 2 is 2.15 bits per heavy atom. The first-order chi connectivity index (χ1) is 9.58. The minimum atomic E-state index is -0.934. The molecule has 0 saturated carbocycles. The number of rotatable bonds is 4. The molecule has 20 heavy (non-hydrogen) atoms. The van der Waals surface area contributed by atoms with Gasteiger partial charge in [-0.25, -0.2) is 4.98 Å². The number of aliphatic carboxylic acids is 1. The lowest BCUT2D eigenvalue weighted by Gasteiger charge is -2.09. The van der Waals surface area contributed by atoms with Crippen LogP contribution in [-0.4, -0.2) is 16.1 Å². The molecule has 0 aliphatic rings. The zero-order valence-electron chi connectivity index (χ0n) is 10.8. The van der Waals surface area contributed by atoms with Crippen LogP contribution in [0.2, 0.25) is 0 Å². The number of nitrogens with zero attached hydrogens (tertiary/aromatic N) is 2. The van der Waals surface area contributed by atoms with Crippen LogP contribution in [0.5, 0.6) is 11.6 Å². The van der Waals surface area contributed by atoms with Gasteiger partial charge in [-0.05, 0) is 19.1 Å². The van der Waals surface area contributed by atoms with Crippen molar-refractivity contribution in [1.82, 2.24) is 4.98 Å². The van der Waals surface area contributed by atoms with Crippen LogP contribution in [0, 0.1) is 18.3 Å².